The maximum Gasteiger partial charge on any atom is 2.00 e. The molecule has 0 aliphatic heterocycles. The van der Waals surface area contributed by atoms with Gasteiger partial charge in [-0.1, -0.05) is 6.07 Å². The second kappa shape index (κ2) is 7.36. The molecule has 8 heavy (non-hydrogen) atoms. The van der Waals surface area contributed by atoms with Crippen LogP contribution in [0.2, 0.25) is 0 Å². The smallest absolute Gasteiger partial charge is 1.00 e. The molecule has 1 rings (SSSR count). The topological polar surface area (TPSA) is 12.9 Å². The second-order valence-electron chi connectivity index (χ2n) is 1.02. The summed E-state index contributed by atoms with van der Waals surface area (Å²) in [7, 11) is 0. The van der Waals surface area contributed by atoms with E-state index in [0.29, 0.717) is 0 Å². The standard InChI is InChI=1S/C5H5N.Cd.ClH/c1-2-4-6-5-3-1;;/h1-5H;;1H/q;+2;/p-1. The van der Waals surface area contributed by atoms with Gasteiger partial charge in [0.25, 0.3) is 0 Å². The number of nitrogens with zero attached hydrogens (tertiary/aromatic N) is 1. The van der Waals surface area contributed by atoms with E-state index < -0.39 is 0 Å². The SMILES string of the molecule is [Cd+2].[Cl-].c1ccncc1. The summed E-state index contributed by atoms with van der Waals surface area (Å²) >= 11 is 0. The predicted octanol–water partition coefficient (Wildman–Crippen LogP) is -1.92. The number of halogens is 1. The van der Waals surface area contributed by atoms with Gasteiger partial charge < -0.3 is 12.4 Å². The van der Waals surface area contributed by atoms with Gasteiger partial charge in [-0.05, 0) is 12.1 Å². The third kappa shape index (κ3) is 4.52. The molecule has 0 aliphatic carbocycles. The maximum absolute atomic E-state index is 3.78. The summed E-state index contributed by atoms with van der Waals surface area (Å²) in [6.45, 7) is 0. The van der Waals surface area contributed by atoms with Crippen LogP contribution in [0, 0.1) is 0 Å². The Bertz CT molecular complexity index is 84.4. The summed E-state index contributed by atoms with van der Waals surface area (Å²) < 4.78 is 0. The number of aromatic nitrogens is 1. The zero-order valence-electron chi connectivity index (χ0n) is 4.42. The fourth-order valence-corrected chi connectivity index (χ4v) is 0.313. The van der Waals surface area contributed by atoms with Gasteiger partial charge in [-0.2, -0.15) is 0 Å². The van der Waals surface area contributed by atoms with Crippen molar-refractivity contribution in [2.24, 2.45) is 0 Å². The minimum Gasteiger partial charge on any atom is -1.00 e. The molecule has 0 radical (unpaired) electrons. The van der Waals surface area contributed by atoms with Crippen LogP contribution in [-0.2, 0) is 27.3 Å². The first-order valence-corrected chi connectivity index (χ1v) is 1.85. The Labute approximate surface area is 75.1 Å². The molecule has 0 aromatic carbocycles. The molecule has 0 aliphatic rings. The fourth-order valence-electron chi connectivity index (χ4n) is 0.313. The largest absolute Gasteiger partial charge is 2.00 e. The number of hydrogen-bond acceptors (Lipinski definition) is 1. The zero-order valence-corrected chi connectivity index (χ0v) is 9.21. The van der Waals surface area contributed by atoms with Gasteiger partial charge in [0, 0.05) is 12.4 Å². The Hall–Kier alpha value is 0.362. The molecular weight excluding hydrogens is 222 g/mol. The third-order valence-corrected chi connectivity index (χ3v) is 0.566. The van der Waals surface area contributed by atoms with Crippen LogP contribution in [0.1, 0.15) is 0 Å². The minimum absolute atomic E-state index is 0. The molecule has 0 bridgehead atoms. The van der Waals surface area contributed by atoms with E-state index in [9.17, 15) is 0 Å². The van der Waals surface area contributed by atoms with Gasteiger partial charge >= 0.3 is 27.3 Å². The molecule has 0 amide bonds. The van der Waals surface area contributed by atoms with Gasteiger partial charge in [0.1, 0.15) is 0 Å². The van der Waals surface area contributed by atoms with Gasteiger partial charge in [-0.25, -0.2) is 0 Å². The molecular formula is C5H5CdClN+. The van der Waals surface area contributed by atoms with Crippen molar-refractivity contribution in [2.45, 2.75) is 0 Å². The van der Waals surface area contributed by atoms with Crippen LogP contribution in [0.25, 0.3) is 0 Å². The van der Waals surface area contributed by atoms with Crippen LogP contribution in [0.15, 0.2) is 30.6 Å². The van der Waals surface area contributed by atoms with Crippen LogP contribution in [-0.4, -0.2) is 4.98 Å². The van der Waals surface area contributed by atoms with Crippen molar-refractivity contribution in [3.8, 4) is 0 Å². The molecule has 0 atom stereocenters. The first-order valence-electron chi connectivity index (χ1n) is 1.85. The number of hydrogen-bond donors (Lipinski definition) is 0. The van der Waals surface area contributed by atoms with Gasteiger partial charge in [0.05, 0.1) is 0 Å². The van der Waals surface area contributed by atoms with Crippen molar-refractivity contribution in [3.63, 3.8) is 0 Å². The van der Waals surface area contributed by atoms with Crippen molar-refractivity contribution < 1.29 is 39.7 Å². The number of rotatable bonds is 0. The van der Waals surface area contributed by atoms with E-state index in [-0.39, 0.29) is 39.7 Å². The maximum atomic E-state index is 3.78. The van der Waals surface area contributed by atoms with Crippen LogP contribution in [0.4, 0.5) is 0 Å². The molecule has 1 nitrogen and oxygen atoms in total. The van der Waals surface area contributed by atoms with Gasteiger partial charge in [0.15, 0.2) is 0 Å². The molecule has 1 aromatic rings. The predicted molar refractivity (Wildman–Crippen MR) is 24.2 cm³/mol. The van der Waals surface area contributed by atoms with E-state index >= 15 is 0 Å². The molecule has 0 N–H and O–H groups in total. The molecule has 0 unspecified atom stereocenters. The average molecular weight is 227 g/mol. The molecule has 0 spiro atoms. The van der Waals surface area contributed by atoms with Crippen LogP contribution >= 0.6 is 0 Å². The normalized spacial score (nSPS) is 6.00. The number of pyridine rings is 1. The van der Waals surface area contributed by atoms with Crippen molar-refractivity contribution >= 4 is 0 Å². The molecule has 1 heterocycles. The van der Waals surface area contributed by atoms with Gasteiger partial charge in [-0.15, -0.1) is 0 Å². The fraction of sp³-hybridized carbons (Fsp3) is 0. The van der Waals surface area contributed by atoms with E-state index in [4.69, 9.17) is 0 Å². The third-order valence-electron chi connectivity index (χ3n) is 0.566. The van der Waals surface area contributed by atoms with E-state index in [0.717, 1.165) is 0 Å². The Morgan fingerprint density at radius 2 is 1.38 bits per heavy atom. The van der Waals surface area contributed by atoms with Crippen LogP contribution in [0.5, 0.6) is 0 Å². The summed E-state index contributed by atoms with van der Waals surface area (Å²) in [6, 6.07) is 5.72. The van der Waals surface area contributed by atoms with Crippen molar-refractivity contribution in [1.29, 1.82) is 0 Å². The first kappa shape index (κ1) is 11.2. The zero-order chi connectivity index (χ0) is 4.24. The molecule has 0 fully saturated rings. The quantitative estimate of drug-likeness (QED) is 0.471. The van der Waals surface area contributed by atoms with Gasteiger partial charge in [-0.3, -0.25) is 4.98 Å². The Kier molecular flexibility index (Phi) is 10.3. The van der Waals surface area contributed by atoms with Crippen LogP contribution < -0.4 is 12.4 Å². The van der Waals surface area contributed by atoms with Crippen LogP contribution in [0.3, 0.4) is 0 Å². The van der Waals surface area contributed by atoms with E-state index in [1.54, 1.807) is 12.4 Å². The summed E-state index contributed by atoms with van der Waals surface area (Å²) in [5, 5.41) is 0. The van der Waals surface area contributed by atoms with E-state index in [2.05, 4.69) is 4.98 Å². The Morgan fingerprint density at radius 3 is 1.50 bits per heavy atom. The Morgan fingerprint density at radius 1 is 0.875 bits per heavy atom. The summed E-state index contributed by atoms with van der Waals surface area (Å²) in [5.41, 5.74) is 0. The summed E-state index contributed by atoms with van der Waals surface area (Å²) in [6.07, 6.45) is 3.50. The first-order chi connectivity index (χ1) is 3.00. The molecule has 0 saturated heterocycles. The monoisotopic (exact) mass is 228 g/mol. The van der Waals surface area contributed by atoms with Crippen molar-refractivity contribution in [3.05, 3.63) is 30.6 Å². The second-order valence-corrected chi connectivity index (χ2v) is 1.02. The summed E-state index contributed by atoms with van der Waals surface area (Å²) in [5.74, 6) is 0. The van der Waals surface area contributed by atoms with Gasteiger partial charge in [0.2, 0.25) is 0 Å². The molecule has 1 aromatic heterocycles. The molecule has 3 heteroatoms. The van der Waals surface area contributed by atoms with E-state index in [1.807, 2.05) is 18.2 Å². The molecule has 0 saturated carbocycles. The summed E-state index contributed by atoms with van der Waals surface area (Å²) in [4.78, 5) is 3.78. The average Bonchev–Trinajstić information content (AvgIpc) is 1.72. The van der Waals surface area contributed by atoms with Crippen molar-refractivity contribution in [2.75, 3.05) is 0 Å². The van der Waals surface area contributed by atoms with E-state index in [1.165, 1.54) is 0 Å². The molecule has 38 valence electrons. The van der Waals surface area contributed by atoms with Crippen molar-refractivity contribution in [1.82, 2.24) is 4.98 Å². The minimum atomic E-state index is 0. The Balaban J connectivity index is 0.